The fraction of sp³-hybridized carbons (Fsp3) is 0.455. The highest BCUT2D eigenvalue weighted by Crippen LogP contribution is 2.12. The normalized spacial score (nSPS) is 19.6. The van der Waals surface area contributed by atoms with Crippen molar-refractivity contribution in [2.75, 3.05) is 13.1 Å². The van der Waals surface area contributed by atoms with Crippen LogP contribution in [0.3, 0.4) is 0 Å². The number of rotatable bonds is 4. The van der Waals surface area contributed by atoms with E-state index in [1.807, 2.05) is 0 Å². The Labute approximate surface area is 106 Å². The predicted molar refractivity (Wildman–Crippen MR) is 65.2 cm³/mol. The van der Waals surface area contributed by atoms with E-state index in [0.717, 1.165) is 19.4 Å². The summed E-state index contributed by atoms with van der Waals surface area (Å²) in [5.74, 6) is 0. The first kappa shape index (κ1) is 13.0. The van der Waals surface area contributed by atoms with Crippen molar-refractivity contribution in [1.82, 2.24) is 15.0 Å². The van der Waals surface area contributed by atoms with Crippen molar-refractivity contribution in [2.24, 2.45) is 0 Å². The molecule has 0 spiro atoms. The van der Waals surface area contributed by atoms with E-state index in [2.05, 4.69) is 15.0 Å². The minimum Gasteiger partial charge on any atom is -0.313 e. The lowest BCUT2D eigenvalue weighted by Gasteiger charge is -2.12. The highest BCUT2D eigenvalue weighted by molar-refractivity contribution is 7.89. The molecule has 2 rings (SSSR count). The fourth-order valence-electron chi connectivity index (χ4n) is 1.91. The number of hydrogen-bond acceptors (Lipinski definition) is 5. The lowest BCUT2D eigenvalue weighted by atomic mass is 10.2. The fourth-order valence-corrected chi connectivity index (χ4v) is 3.10. The van der Waals surface area contributed by atoms with Gasteiger partial charge in [-0.05, 0) is 31.5 Å². The van der Waals surface area contributed by atoms with E-state index < -0.39 is 10.0 Å². The molecule has 1 aliphatic heterocycles. The van der Waals surface area contributed by atoms with E-state index in [1.165, 1.54) is 18.3 Å². The summed E-state index contributed by atoms with van der Waals surface area (Å²) >= 11 is 0. The third kappa shape index (κ3) is 2.85. The lowest BCUT2D eigenvalue weighted by molar-refractivity contribution is 0.551. The maximum Gasteiger partial charge on any atom is 0.243 e. The molecule has 0 amide bonds. The monoisotopic (exact) mass is 266 g/mol. The molecule has 6 nitrogen and oxygen atoms in total. The van der Waals surface area contributed by atoms with E-state index in [0.29, 0.717) is 6.54 Å². The SMILES string of the molecule is N#Cc1ncccc1S(=O)(=O)NCC1CCCN1. The zero-order valence-corrected chi connectivity index (χ0v) is 10.6. The topological polar surface area (TPSA) is 94.9 Å². The van der Waals surface area contributed by atoms with Gasteiger partial charge in [0.05, 0.1) is 0 Å². The van der Waals surface area contributed by atoms with Gasteiger partial charge in [0.15, 0.2) is 5.69 Å². The number of hydrogen-bond donors (Lipinski definition) is 2. The van der Waals surface area contributed by atoms with Gasteiger partial charge in [0, 0.05) is 18.8 Å². The molecule has 96 valence electrons. The molecular formula is C11H14N4O2S. The van der Waals surface area contributed by atoms with Crippen molar-refractivity contribution in [3.8, 4) is 6.07 Å². The molecule has 0 radical (unpaired) electrons. The first-order chi connectivity index (χ1) is 8.63. The van der Waals surface area contributed by atoms with Crippen LogP contribution < -0.4 is 10.0 Å². The standard InChI is InChI=1S/C11H14N4O2S/c12-7-10-11(4-2-6-14-10)18(16,17)15-8-9-3-1-5-13-9/h2,4,6,9,13,15H,1,3,5,8H2. The number of aromatic nitrogens is 1. The average Bonchev–Trinajstić information content (AvgIpc) is 2.89. The van der Waals surface area contributed by atoms with Crippen LogP contribution in [0.5, 0.6) is 0 Å². The summed E-state index contributed by atoms with van der Waals surface area (Å²) in [5.41, 5.74) is -0.0793. The molecule has 1 saturated heterocycles. The van der Waals surface area contributed by atoms with Gasteiger partial charge in [-0.25, -0.2) is 18.1 Å². The maximum absolute atomic E-state index is 12.0. The van der Waals surface area contributed by atoms with Gasteiger partial charge in [0.1, 0.15) is 11.0 Å². The summed E-state index contributed by atoms with van der Waals surface area (Å²) < 4.78 is 26.6. The molecule has 0 saturated carbocycles. The molecule has 1 fully saturated rings. The zero-order chi connectivity index (χ0) is 13.0. The number of nitrogens with zero attached hydrogens (tertiary/aromatic N) is 2. The Balaban J connectivity index is 2.12. The van der Waals surface area contributed by atoms with Crippen LogP contribution in [0, 0.1) is 11.3 Å². The van der Waals surface area contributed by atoms with E-state index in [1.54, 1.807) is 6.07 Å². The predicted octanol–water partition coefficient (Wildman–Crippen LogP) is -0.0164. The van der Waals surface area contributed by atoms with Gasteiger partial charge in [0.2, 0.25) is 10.0 Å². The van der Waals surface area contributed by atoms with Gasteiger partial charge in [-0.15, -0.1) is 0 Å². The van der Waals surface area contributed by atoms with Crippen LogP contribution in [0.2, 0.25) is 0 Å². The molecule has 18 heavy (non-hydrogen) atoms. The van der Waals surface area contributed by atoms with Gasteiger partial charge in [-0.2, -0.15) is 5.26 Å². The molecule has 7 heteroatoms. The molecule has 1 unspecified atom stereocenters. The molecule has 1 aromatic heterocycles. The molecule has 1 atom stereocenters. The van der Waals surface area contributed by atoms with Gasteiger partial charge in [-0.1, -0.05) is 0 Å². The van der Waals surface area contributed by atoms with Gasteiger partial charge >= 0.3 is 0 Å². The summed E-state index contributed by atoms with van der Waals surface area (Å²) in [6.45, 7) is 1.25. The van der Waals surface area contributed by atoms with Crippen LogP contribution in [-0.2, 0) is 10.0 Å². The summed E-state index contributed by atoms with van der Waals surface area (Å²) in [7, 11) is -3.67. The Hall–Kier alpha value is -1.49. The van der Waals surface area contributed by atoms with Gasteiger partial charge in [0.25, 0.3) is 0 Å². The van der Waals surface area contributed by atoms with Crippen LogP contribution in [0.1, 0.15) is 18.5 Å². The molecule has 0 bridgehead atoms. The van der Waals surface area contributed by atoms with E-state index in [4.69, 9.17) is 5.26 Å². The van der Waals surface area contributed by atoms with Gasteiger partial charge < -0.3 is 5.32 Å². The van der Waals surface area contributed by atoms with Crippen LogP contribution in [0.25, 0.3) is 0 Å². The molecule has 2 N–H and O–H groups in total. The smallest absolute Gasteiger partial charge is 0.243 e. The van der Waals surface area contributed by atoms with Crippen LogP contribution in [0.4, 0.5) is 0 Å². The number of sulfonamides is 1. The highest BCUT2D eigenvalue weighted by Gasteiger charge is 2.21. The summed E-state index contributed by atoms with van der Waals surface area (Å²) in [6.07, 6.45) is 3.42. The Morgan fingerprint density at radius 2 is 2.44 bits per heavy atom. The minimum absolute atomic E-state index is 0.0644. The third-order valence-corrected chi connectivity index (χ3v) is 4.30. The molecule has 1 aliphatic rings. The van der Waals surface area contributed by atoms with E-state index >= 15 is 0 Å². The molecular weight excluding hydrogens is 252 g/mol. The lowest BCUT2D eigenvalue weighted by Crippen LogP contribution is -2.37. The Bertz CT molecular complexity index is 559. The second-order valence-electron chi connectivity index (χ2n) is 4.11. The second kappa shape index (κ2) is 5.44. The molecule has 0 aliphatic carbocycles. The Morgan fingerprint density at radius 1 is 1.61 bits per heavy atom. The van der Waals surface area contributed by atoms with E-state index in [9.17, 15) is 8.42 Å². The maximum atomic E-state index is 12.0. The van der Waals surface area contributed by atoms with Crippen molar-refractivity contribution in [3.05, 3.63) is 24.0 Å². The molecule has 1 aromatic rings. The first-order valence-corrected chi connectivity index (χ1v) is 7.20. The third-order valence-electron chi connectivity index (χ3n) is 2.85. The molecule has 2 heterocycles. The van der Waals surface area contributed by atoms with Crippen molar-refractivity contribution in [3.63, 3.8) is 0 Å². The van der Waals surface area contributed by atoms with Crippen molar-refractivity contribution in [2.45, 2.75) is 23.8 Å². The minimum atomic E-state index is -3.67. The van der Waals surface area contributed by atoms with Crippen molar-refractivity contribution >= 4 is 10.0 Å². The molecule has 0 aromatic carbocycles. The van der Waals surface area contributed by atoms with Crippen molar-refractivity contribution in [1.29, 1.82) is 5.26 Å². The highest BCUT2D eigenvalue weighted by atomic mass is 32.2. The Kier molecular flexibility index (Phi) is 3.91. The Morgan fingerprint density at radius 3 is 3.11 bits per heavy atom. The van der Waals surface area contributed by atoms with Crippen LogP contribution >= 0.6 is 0 Å². The van der Waals surface area contributed by atoms with E-state index in [-0.39, 0.29) is 16.6 Å². The summed E-state index contributed by atoms with van der Waals surface area (Å²) in [5, 5.41) is 12.0. The quantitative estimate of drug-likeness (QED) is 0.799. The second-order valence-corrected chi connectivity index (χ2v) is 5.84. The summed E-state index contributed by atoms with van der Waals surface area (Å²) in [6, 6.07) is 4.84. The largest absolute Gasteiger partial charge is 0.313 e. The van der Waals surface area contributed by atoms with Crippen LogP contribution in [0.15, 0.2) is 23.2 Å². The zero-order valence-electron chi connectivity index (χ0n) is 9.76. The van der Waals surface area contributed by atoms with Crippen molar-refractivity contribution < 1.29 is 8.42 Å². The number of nitriles is 1. The number of pyridine rings is 1. The van der Waals surface area contributed by atoms with Gasteiger partial charge in [-0.3, -0.25) is 0 Å². The first-order valence-electron chi connectivity index (χ1n) is 5.71. The van der Waals surface area contributed by atoms with Crippen LogP contribution in [-0.4, -0.2) is 32.5 Å². The average molecular weight is 266 g/mol. The number of nitrogens with one attached hydrogen (secondary N) is 2. The summed E-state index contributed by atoms with van der Waals surface area (Å²) in [4.78, 5) is 3.68.